The van der Waals surface area contributed by atoms with Crippen molar-refractivity contribution in [3.05, 3.63) is 12.2 Å². The van der Waals surface area contributed by atoms with Crippen molar-refractivity contribution < 1.29 is 23.9 Å². The maximum atomic E-state index is 12.6. The van der Waals surface area contributed by atoms with E-state index in [-0.39, 0.29) is 29.7 Å². The second-order valence-electron chi connectivity index (χ2n) is 8.67. The number of carbonyl (C=O) groups is 1. The van der Waals surface area contributed by atoms with E-state index in [0.717, 1.165) is 32.4 Å². The molecule has 2 aliphatic carbocycles. The van der Waals surface area contributed by atoms with Crippen molar-refractivity contribution in [2.75, 3.05) is 34.4 Å². The van der Waals surface area contributed by atoms with E-state index in [2.05, 4.69) is 20.6 Å². The standard InChI is InChI=1S/C20H33NO4/c1-13-7-6-8-20(2)10-17-14(9-16(13)20)15(19(22)25-17)11-21(3)12-18(23-4)24-5/h14-18H,1,6-12H2,2-5H3/p+1/t14-,15+,16-,17-,20-/m1/s1. The molecule has 0 radical (unpaired) electrons. The summed E-state index contributed by atoms with van der Waals surface area (Å²) < 4.78 is 16.4. The third-order valence-electron chi connectivity index (χ3n) is 6.93. The van der Waals surface area contributed by atoms with Crippen molar-refractivity contribution >= 4 is 5.97 Å². The first-order valence-corrected chi connectivity index (χ1v) is 9.63. The van der Waals surface area contributed by atoms with Gasteiger partial charge < -0.3 is 19.1 Å². The van der Waals surface area contributed by atoms with Gasteiger partial charge >= 0.3 is 5.97 Å². The van der Waals surface area contributed by atoms with Crippen molar-refractivity contribution in [1.29, 1.82) is 0 Å². The summed E-state index contributed by atoms with van der Waals surface area (Å²) in [5, 5.41) is 0. The van der Waals surface area contributed by atoms with Crippen LogP contribution in [-0.2, 0) is 19.0 Å². The SMILES string of the molecule is C=C1CCC[C@]2(C)C[C@H]3OC(=O)[C@@H](C[NH+](C)CC(OC)OC)[C@H]3C[C@H]12. The Kier molecular flexibility index (Phi) is 5.57. The molecule has 1 saturated heterocycles. The highest BCUT2D eigenvalue weighted by Gasteiger charge is 2.55. The van der Waals surface area contributed by atoms with Gasteiger partial charge in [0.05, 0.1) is 13.6 Å². The number of quaternary nitrogens is 1. The van der Waals surface area contributed by atoms with Crippen molar-refractivity contribution in [2.24, 2.45) is 23.2 Å². The number of ether oxygens (including phenoxy) is 3. The van der Waals surface area contributed by atoms with E-state index in [0.29, 0.717) is 11.8 Å². The van der Waals surface area contributed by atoms with Crippen molar-refractivity contribution in [2.45, 2.75) is 51.4 Å². The van der Waals surface area contributed by atoms with Crippen LogP contribution in [0.5, 0.6) is 0 Å². The first kappa shape index (κ1) is 18.9. The smallest absolute Gasteiger partial charge is 0.315 e. The van der Waals surface area contributed by atoms with Gasteiger partial charge in [-0.3, -0.25) is 4.79 Å². The molecule has 0 aromatic heterocycles. The molecule has 1 unspecified atom stereocenters. The summed E-state index contributed by atoms with van der Waals surface area (Å²) in [5.41, 5.74) is 1.66. The molecular weight excluding hydrogens is 318 g/mol. The summed E-state index contributed by atoms with van der Waals surface area (Å²) in [6.07, 6.45) is 5.52. The minimum Gasteiger partial charge on any atom is -0.462 e. The number of rotatable bonds is 6. The predicted octanol–water partition coefficient (Wildman–Crippen LogP) is 1.43. The van der Waals surface area contributed by atoms with E-state index in [1.807, 2.05) is 0 Å². The lowest BCUT2D eigenvalue weighted by molar-refractivity contribution is -0.888. The molecule has 1 N–H and O–H groups in total. The van der Waals surface area contributed by atoms with E-state index < -0.39 is 0 Å². The van der Waals surface area contributed by atoms with Gasteiger partial charge in [-0.25, -0.2) is 0 Å². The van der Waals surface area contributed by atoms with E-state index in [4.69, 9.17) is 14.2 Å². The summed E-state index contributed by atoms with van der Waals surface area (Å²) in [6.45, 7) is 8.24. The number of hydrogen-bond donors (Lipinski definition) is 1. The van der Waals surface area contributed by atoms with E-state index in [1.54, 1.807) is 14.2 Å². The Morgan fingerprint density at radius 3 is 2.80 bits per heavy atom. The molecule has 0 spiro atoms. The minimum atomic E-state index is -0.235. The quantitative estimate of drug-likeness (QED) is 0.446. The molecule has 3 rings (SSSR count). The van der Waals surface area contributed by atoms with E-state index >= 15 is 0 Å². The molecule has 6 atom stereocenters. The summed E-state index contributed by atoms with van der Waals surface area (Å²) in [5.74, 6) is 0.858. The molecule has 0 aromatic rings. The monoisotopic (exact) mass is 352 g/mol. The Labute approximate surface area is 151 Å². The first-order chi connectivity index (χ1) is 11.9. The van der Waals surface area contributed by atoms with Crippen LogP contribution < -0.4 is 4.90 Å². The van der Waals surface area contributed by atoms with Crippen LogP contribution in [0.15, 0.2) is 12.2 Å². The van der Waals surface area contributed by atoms with Crippen LogP contribution in [0, 0.1) is 23.2 Å². The molecule has 0 aromatic carbocycles. The maximum Gasteiger partial charge on any atom is 0.315 e. The van der Waals surface area contributed by atoms with Gasteiger partial charge in [-0.1, -0.05) is 19.1 Å². The van der Waals surface area contributed by atoms with Gasteiger partial charge in [0.25, 0.3) is 0 Å². The Hall–Kier alpha value is -0.910. The van der Waals surface area contributed by atoms with Crippen LogP contribution in [0.4, 0.5) is 0 Å². The molecule has 3 aliphatic rings. The van der Waals surface area contributed by atoms with Crippen LogP contribution in [0.1, 0.15) is 39.0 Å². The largest absolute Gasteiger partial charge is 0.462 e. The Morgan fingerprint density at radius 1 is 1.40 bits per heavy atom. The van der Waals surface area contributed by atoms with Gasteiger partial charge in [0.15, 0.2) is 0 Å². The molecule has 5 nitrogen and oxygen atoms in total. The number of fused-ring (bicyclic) bond motifs is 2. The molecule has 5 heteroatoms. The zero-order chi connectivity index (χ0) is 18.2. The highest BCUT2D eigenvalue weighted by atomic mass is 16.7. The number of allylic oxidation sites excluding steroid dienone is 1. The van der Waals surface area contributed by atoms with Crippen molar-refractivity contribution in [3.8, 4) is 0 Å². The number of methoxy groups -OCH3 is 2. The Bertz CT molecular complexity index is 518. The lowest BCUT2D eigenvalue weighted by Crippen LogP contribution is -3.11. The lowest BCUT2D eigenvalue weighted by Gasteiger charge is -2.50. The molecule has 3 fully saturated rings. The third kappa shape index (κ3) is 3.64. The number of likely N-dealkylation sites (N-methyl/N-ethyl adjacent to an activating group) is 1. The zero-order valence-electron chi connectivity index (χ0n) is 16.2. The second-order valence-corrected chi connectivity index (χ2v) is 8.67. The van der Waals surface area contributed by atoms with E-state index in [9.17, 15) is 4.79 Å². The summed E-state index contributed by atoms with van der Waals surface area (Å²) >= 11 is 0. The summed E-state index contributed by atoms with van der Waals surface area (Å²) in [7, 11) is 5.40. The van der Waals surface area contributed by atoms with Gasteiger partial charge in [-0.15, -0.1) is 0 Å². The fourth-order valence-electron chi connectivity index (χ4n) is 5.50. The van der Waals surface area contributed by atoms with Gasteiger partial charge in [-0.2, -0.15) is 0 Å². The topological polar surface area (TPSA) is 49.2 Å². The number of esters is 1. The number of hydrogen-bond acceptors (Lipinski definition) is 4. The van der Waals surface area contributed by atoms with Crippen LogP contribution in [0.3, 0.4) is 0 Å². The first-order valence-electron chi connectivity index (χ1n) is 9.63. The molecule has 1 heterocycles. The van der Waals surface area contributed by atoms with Gasteiger partial charge in [0.1, 0.15) is 18.6 Å². The normalized spacial score (nSPS) is 39.1. The van der Waals surface area contributed by atoms with E-state index in [1.165, 1.54) is 23.3 Å². The van der Waals surface area contributed by atoms with Gasteiger partial charge in [-0.05, 0) is 43.4 Å². The summed E-state index contributed by atoms with van der Waals surface area (Å²) in [6, 6.07) is 0. The van der Waals surface area contributed by atoms with Crippen LogP contribution in [-0.4, -0.2) is 52.7 Å². The lowest BCUT2D eigenvalue weighted by atomic mass is 9.55. The molecule has 0 bridgehead atoms. The average Bonchev–Trinajstić information content (AvgIpc) is 2.85. The number of carbonyl (C=O) groups excluding carboxylic acids is 1. The van der Waals surface area contributed by atoms with Gasteiger partial charge in [0, 0.05) is 20.1 Å². The average molecular weight is 352 g/mol. The van der Waals surface area contributed by atoms with Crippen LogP contribution >= 0.6 is 0 Å². The highest BCUT2D eigenvalue weighted by Crippen LogP contribution is 2.56. The molecule has 142 valence electrons. The molecule has 2 saturated carbocycles. The highest BCUT2D eigenvalue weighted by molar-refractivity contribution is 5.75. The zero-order valence-corrected chi connectivity index (χ0v) is 16.2. The minimum absolute atomic E-state index is 0.00593. The van der Waals surface area contributed by atoms with Crippen LogP contribution in [0.25, 0.3) is 0 Å². The fraction of sp³-hybridized carbons (Fsp3) is 0.850. The Balaban J connectivity index is 1.68. The molecule has 0 amide bonds. The van der Waals surface area contributed by atoms with Crippen LogP contribution in [0.2, 0.25) is 0 Å². The second kappa shape index (κ2) is 7.37. The summed E-state index contributed by atoms with van der Waals surface area (Å²) in [4.78, 5) is 13.8. The predicted molar refractivity (Wildman–Crippen MR) is 95.1 cm³/mol. The number of nitrogens with one attached hydrogen (secondary N) is 1. The van der Waals surface area contributed by atoms with Crippen molar-refractivity contribution in [1.82, 2.24) is 0 Å². The molecular formula is C20H34NO4+. The van der Waals surface area contributed by atoms with Gasteiger partial charge in [0.2, 0.25) is 6.29 Å². The maximum absolute atomic E-state index is 12.6. The van der Waals surface area contributed by atoms with Crippen molar-refractivity contribution in [3.63, 3.8) is 0 Å². The molecule has 25 heavy (non-hydrogen) atoms. The fourth-order valence-corrected chi connectivity index (χ4v) is 5.50. The molecule has 1 aliphatic heterocycles. The Morgan fingerprint density at radius 2 is 2.12 bits per heavy atom. The third-order valence-corrected chi connectivity index (χ3v) is 6.93.